The van der Waals surface area contributed by atoms with Crippen LogP contribution in [0, 0.1) is 11.2 Å². The van der Waals surface area contributed by atoms with Gasteiger partial charge < -0.3 is 20.1 Å². The normalized spacial score (nSPS) is 23.0. The van der Waals surface area contributed by atoms with Crippen molar-refractivity contribution in [2.75, 3.05) is 61.1 Å². The second-order valence-corrected chi connectivity index (χ2v) is 16.9. The zero-order chi connectivity index (χ0) is 33.5. The minimum atomic E-state index is -0.490. The zero-order valence-corrected chi connectivity index (χ0v) is 29.7. The highest BCUT2D eigenvalue weighted by atomic mass is 32.2. The van der Waals surface area contributed by atoms with Gasteiger partial charge in [0.25, 0.3) is 0 Å². The van der Waals surface area contributed by atoms with E-state index >= 15 is 4.39 Å². The molecule has 3 saturated heterocycles. The van der Waals surface area contributed by atoms with Gasteiger partial charge in [0.2, 0.25) is 11.8 Å². The van der Waals surface area contributed by atoms with Crippen molar-refractivity contribution in [3.8, 4) is 0 Å². The fourth-order valence-corrected chi connectivity index (χ4v) is 8.73. The SMILES string of the molecule is CC(C)(C)CCN1C(=O)[C@H](CC(=O)N2CCC(N3NNc4ccccc43)CC2)SC1c1cccc(F)c1N1CCN(C(C)(C)C)CC1.[HH]. The molecule has 4 heterocycles. The molecule has 0 spiro atoms. The molecule has 2 atom stereocenters. The van der Waals surface area contributed by atoms with Gasteiger partial charge in [-0.1, -0.05) is 45.0 Å². The molecular formula is C36H54FN7O2S. The Balaban J connectivity index is 0.00000451. The van der Waals surface area contributed by atoms with E-state index in [0.29, 0.717) is 25.3 Å². The number of halogens is 1. The second-order valence-electron chi connectivity index (χ2n) is 15.6. The van der Waals surface area contributed by atoms with Crippen molar-refractivity contribution >= 4 is 40.6 Å². The number of para-hydroxylation sites is 3. The molecule has 0 aliphatic carbocycles. The lowest BCUT2D eigenvalue weighted by Gasteiger charge is -2.43. The number of piperidine rings is 1. The van der Waals surface area contributed by atoms with Crippen molar-refractivity contribution in [2.24, 2.45) is 5.41 Å². The quantitative estimate of drug-likeness (QED) is 0.367. The van der Waals surface area contributed by atoms with Crippen LogP contribution in [0.2, 0.25) is 0 Å². The molecule has 47 heavy (non-hydrogen) atoms. The van der Waals surface area contributed by atoms with E-state index in [2.05, 4.69) is 79.4 Å². The highest BCUT2D eigenvalue weighted by Gasteiger charge is 2.44. The highest BCUT2D eigenvalue weighted by Crippen LogP contribution is 2.48. The number of carbonyl (C=O) groups excluding carboxylic acids is 2. The van der Waals surface area contributed by atoms with Crippen molar-refractivity contribution in [1.29, 1.82) is 0 Å². The summed E-state index contributed by atoms with van der Waals surface area (Å²) in [5, 5.41) is 1.34. The maximum Gasteiger partial charge on any atom is 0.237 e. The van der Waals surface area contributed by atoms with Gasteiger partial charge in [0, 0.05) is 64.8 Å². The predicted octanol–water partition coefficient (Wildman–Crippen LogP) is 6.10. The maximum atomic E-state index is 15.8. The van der Waals surface area contributed by atoms with Gasteiger partial charge in [0.15, 0.2) is 0 Å². The summed E-state index contributed by atoms with van der Waals surface area (Å²) in [7, 11) is 0. The lowest BCUT2D eigenvalue weighted by Crippen LogP contribution is -2.53. The van der Waals surface area contributed by atoms with E-state index < -0.39 is 5.25 Å². The first-order valence-corrected chi connectivity index (χ1v) is 18.2. The van der Waals surface area contributed by atoms with E-state index in [1.165, 1.54) is 17.8 Å². The Kier molecular flexibility index (Phi) is 9.71. The monoisotopic (exact) mass is 667 g/mol. The summed E-state index contributed by atoms with van der Waals surface area (Å²) in [5.74, 6) is -0.233. The molecule has 4 aliphatic rings. The van der Waals surface area contributed by atoms with Crippen molar-refractivity contribution in [3.05, 3.63) is 53.8 Å². The molecule has 3 fully saturated rings. The molecule has 6 rings (SSSR count). The number of hydrogen-bond donors (Lipinski definition) is 2. The van der Waals surface area contributed by atoms with Gasteiger partial charge in [-0.25, -0.2) is 4.39 Å². The van der Waals surface area contributed by atoms with Gasteiger partial charge in [-0.3, -0.25) is 19.5 Å². The van der Waals surface area contributed by atoms with Gasteiger partial charge in [-0.15, -0.1) is 17.3 Å². The number of amides is 2. The first kappa shape index (κ1) is 33.9. The molecule has 0 saturated carbocycles. The molecule has 0 aromatic heterocycles. The van der Waals surface area contributed by atoms with Crippen LogP contribution in [0.4, 0.5) is 21.5 Å². The van der Waals surface area contributed by atoms with Crippen LogP contribution in [0.5, 0.6) is 0 Å². The summed E-state index contributed by atoms with van der Waals surface area (Å²) in [5.41, 5.74) is 10.2. The smallest absolute Gasteiger partial charge is 0.237 e. The second kappa shape index (κ2) is 13.5. The van der Waals surface area contributed by atoms with Crippen molar-refractivity contribution in [2.45, 2.75) is 89.4 Å². The largest absolute Gasteiger partial charge is 0.366 e. The van der Waals surface area contributed by atoms with Crippen LogP contribution in [-0.2, 0) is 9.59 Å². The minimum absolute atomic E-state index is 0. The topological polar surface area (TPSA) is 74.4 Å². The van der Waals surface area contributed by atoms with Crippen LogP contribution in [0.25, 0.3) is 0 Å². The number of fused-ring (bicyclic) bond motifs is 1. The minimum Gasteiger partial charge on any atom is -0.366 e. The van der Waals surface area contributed by atoms with Crippen LogP contribution in [0.1, 0.15) is 79.6 Å². The Morgan fingerprint density at radius 2 is 1.66 bits per heavy atom. The third-order valence-electron chi connectivity index (χ3n) is 10.1. The summed E-state index contributed by atoms with van der Waals surface area (Å²) in [6, 6.07) is 13.7. The molecule has 2 amide bonds. The number of carbonyl (C=O) groups is 2. The third kappa shape index (κ3) is 7.37. The van der Waals surface area contributed by atoms with Crippen molar-refractivity contribution < 1.29 is 15.4 Å². The Hall–Kier alpha value is -3.02. The number of nitrogens with one attached hydrogen (secondary N) is 2. The van der Waals surface area contributed by atoms with Crippen LogP contribution >= 0.6 is 11.8 Å². The average Bonchev–Trinajstić information content (AvgIpc) is 3.60. The van der Waals surface area contributed by atoms with Gasteiger partial charge in [0.1, 0.15) is 11.2 Å². The fraction of sp³-hybridized carbons (Fsp3) is 0.611. The van der Waals surface area contributed by atoms with Gasteiger partial charge in [-0.2, -0.15) is 0 Å². The summed E-state index contributed by atoms with van der Waals surface area (Å²) in [6.45, 7) is 18.2. The van der Waals surface area contributed by atoms with Crippen LogP contribution in [0.15, 0.2) is 42.5 Å². The molecule has 258 valence electrons. The van der Waals surface area contributed by atoms with Gasteiger partial charge in [-0.05, 0) is 63.6 Å². The molecular weight excluding hydrogens is 614 g/mol. The van der Waals surface area contributed by atoms with Crippen molar-refractivity contribution in [3.63, 3.8) is 0 Å². The Bertz CT molecular complexity index is 1450. The number of nitrogens with zero attached hydrogens (tertiary/aromatic N) is 5. The molecule has 0 bridgehead atoms. The summed E-state index contributed by atoms with van der Waals surface area (Å²) in [6.07, 6.45) is 2.67. The average molecular weight is 668 g/mol. The standard InChI is InChI=1S/C36H52FN7O2S.H2/c1-35(2,3)16-19-43-33(46)30(24-31(45)40-17-14-25(15-18-40)44-29-13-8-7-12-28(29)38-39-44)47-34(43)26-10-9-11-27(37)32(26)41-20-22-42(23-21-41)36(4,5)6;/h7-13,25,30,34,38-39H,14-24H2,1-6H3;1H/t30-,34?;/m0./s1. The number of likely N-dealkylation sites (tertiary alicyclic amines) is 1. The van der Waals surface area contributed by atoms with E-state index in [1.54, 1.807) is 6.07 Å². The lowest BCUT2D eigenvalue weighted by atomic mass is 9.92. The third-order valence-corrected chi connectivity index (χ3v) is 11.5. The van der Waals surface area contributed by atoms with E-state index in [4.69, 9.17) is 0 Å². The molecule has 2 N–H and O–H groups in total. The number of anilines is 3. The first-order chi connectivity index (χ1) is 22.3. The van der Waals surface area contributed by atoms with Crippen LogP contribution < -0.4 is 20.9 Å². The van der Waals surface area contributed by atoms with Crippen molar-refractivity contribution in [1.82, 2.24) is 20.2 Å². The lowest BCUT2D eigenvalue weighted by molar-refractivity contribution is -0.136. The summed E-state index contributed by atoms with van der Waals surface area (Å²) >= 11 is 1.53. The number of hydrazine groups is 2. The maximum absolute atomic E-state index is 15.8. The molecule has 9 nitrogen and oxygen atoms in total. The fourth-order valence-electron chi connectivity index (χ4n) is 7.23. The van der Waals surface area contributed by atoms with Gasteiger partial charge in [0.05, 0.1) is 28.4 Å². The molecule has 11 heteroatoms. The van der Waals surface area contributed by atoms with Gasteiger partial charge >= 0.3 is 0 Å². The number of benzene rings is 2. The van der Waals surface area contributed by atoms with E-state index in [-0.39, 0.29) is 47.8 Å². The van der Waals surface area contributed by atoms with E-state index in [0.717, 1.165) is 62.4 Å². The molecule has 2 aromatic rings. The van der Waals surface area contributed by atoms with E-state index in [9.17, 15) is 9.59 Å². The summed E-state index contributed by atoms with van der Waals surface area (Å²) < 4.78 is 15.8. The number of thioether (sulfide) groups is 1. The van der Waals surface area contributed by atoms with Crippen LogP contribution in [0.3, 0.4) is 0 Å². The Morgan fingerprint density at radius 3 is 2.34 bits per heavy atom. The molecule has 0 radical (unpaired) electrons. The number of hydrogen-bond acceptors (Lipinski definition) is 8. The van der Waals surface area contributed by atoms with Crippen LogP contribution in [-0.4, -0.2) is 89.2 Å². The Morgan fingerprint density at radius 1 is 0.957 bits per heavy atom. The predicted molar refractivity (Wildman–Crippen MR) is 192 cm³/mol. The number of piperazine rings is 1. The van der Waals surface area contributed by atoms with E-state index in [1.807, 2.05) is 28.0 Å². The first-order valence-electron chi connectivity index (χ1n) is 17.2. The number of rotatable bonds is 7. The molecule has 2 aromatic carbocycles. The zero-order valence-electron chi connectivity index (χ0n) is 28.9. The summed E-state index contributed by atoms with van der Waals surface area (Å²) in [4.78, 5) is 36.2. The molecule has 1 unspecified atom stereocenters. The molecule has 4 aliphatic heterocycles. The highest BCUT2D eigenvalue weighted by molar-refractivity contribution is 8.01. The Labute approximate surface area is 285 Å².